The summed E-state index contributed by atoms with van der Waals surface area (Å²) < 4.78 is 5.58. The van der Waals surface area contributed by atoms with Gasteiger partial charge in [0.15, 0.2) is 0 Å². The number of non-ortho nitro benzene ring substituents is 1. The molecule has 116 valence electrons. The van der Waals surface area contributed by atoms with Crippen molar-refractivity contribution in [2.24, 2.45) is 5.92 Å². The summed E-state index contributed by atoms with van der Waals surface area (Å²) in [5.41, 5.74) is 1.91. The number of pyridine rings is 1. The largest absolute Gasteiger partial charge is 0.487 e. The minimum Gasteiger partial charge on any atom is -0.487 e. The fourth-order valence-corrected chi connectivity index (χ4v) is 2.19. The molecular weight excluding hydrogens is 304 g/mol. The van der Waals surface area contributed by atoms with Gasteiger partial charge in [0.1, 0.15) is 12.4 Å². The second-order valence-electron chi connectivity index (χ2n) is 5.42. The van der Waals surface area contributed by atoms with E-state index in [1.54, 1.807) is 6.20 Å². The van der Waals surface area contributed by atoms with Gasteiger partial charge in [0.05, 0.1) is 9.95 Å². The first kappa shape index (κ1) is 16.2. The minimum absolute atomic E-state index is 0.0583. The molecule has 0 radical (unpaired) electrons. The second kappa shape index (κ2) is 7.22. The maximum Gasteiger partial charge on any atom is 0.271 e. The van der Waals surface area contributed by atoms with Crippen LogP contribution in [0.25, 0.3) is 0 Å². The van der Waals surface area contributed by atoms with E-state index in [0.29, 0.717) is 18.3 Å². The maximum atomic E-state index is 10.6. The highest BCUT2D eigenvalue weighted by atomic mass is 35.5. The van der Waals surface area contributed by atoms with Gasteiger partial charge in [-0.2, -0.15) is 0 Å². The molecule has 6 heteroatoms. The van der Waals surface area contributed by atoms with Gasteiger partial charge in [0.25, 0.3) is 5.69 Å². The summed E-state index contributed by atoms with van der Waals surface area (Å²) in [6.45, 7) is 4.61. The van der Waals surface area contributed by atoms with Crippen molar-refractivity contribution in [3.8, 4) is 5.75 Å². The van der Waals surface area contributed by atoms with E-state index in [4.69, 9.17) is 16.3 Å². The predicted molar refractivity (Wildman–Crippen MR) is 85.2 cm³/mol. The summed E-state index contributed by atoms with van der Waals surface area (Å²) in [5.74, 6) is 0.979. The molecule has 0 aliphatic carbocycles. The van der Waals surface area contributed by atoms with Crippen LogP contribution in [0.5, 0.6) is 5.75 Å². The highest BCUT2D eigenvalue weighted by molar-refractivity contribution is 6.32. The quantitative estimate of drug-likeness (QED) is 0.583. The summed E-state index contributed by atoms with van der Waals surface area (Å²) in [5, 5.41) is 10.9. The lowest BCUT2D eigenvalue weighted by atomic mass is 10.1. The fourth-order valence-electron chi connectivity index (χ4n) is 1.96. The number of hydrogen-bond donors (Lipinski definition) is 0. The van der Waals surface area contributed by atoms with E-state index in [1.165, 1.54) is 18.2 Å². The highest BCUT2D eigenvalue weighted by Gasteiger charge is 2.10. The smallest absolute Gasteiger partial charge is 0.271 e. The normalized spacial score (nSPS) is 10.7. The molecule has 2 aromatic rings. The van der Waals surface area contributed by atoms with Gasteiger partial charge in [-0.3, -0.25) is 15.1 Å². The molecule has 2 rings (SSSR count). The SMILES string of the molecule is CC(C)Cc1ccc(COc2ccc([N+](=O)[O-])cc2Cl)cn1. The van der Waals surface area contributed by atoms with Crippen molar-refractivity contribution in [1.82, 2.24) is 4.98 Å². The van der Waals surface area contributed by atoms with Gasteiger partial charge in [-0.25, -0.2) is 0 Å². The van der Waals surface area contributed by atoms with Crippen molar-refractivity contribution >= 4 is 17.3 Å². The van der Waals surface area contributed by atoms with E-state index >= 15 is 0 Å². The minimum atomic E-state index is -0.493. The summed E-state index contributed by atoms with van der Waals surface area (Å²) in [7, 11) is 0. The van der Waals surface area contributed by atoms with Gasteiger partial charge in [0.2, 0.25) is 0 Å². The number of aromatic nitrogens is 1. The summed E-state index contributed by atoms with van der Waals surface area (Å²) in [6.07, 6.45) is 2.71. The van der Waals surface area contributed by atoms with Crippen LogP contribution in [-0.4, -0.2) is 9.91 Å². The molecule has 0 spiro atoms. The van der Waals surface area contributed by atoms with Crippen LogP contribution < -0.4 is 4.74 Å². The van der Waals surface area contributed by atoms with Crippen molar-refractivity contribution in [2.45, 2.75) is 26.9 Å². The lowest BCUT2D eigenvalue weighted by Gasteiger charge is -2.09. The zero-order chi connectivity index (χ0) is 16.1. The van der Waals surface area contributed by atoms with Crippen molar-refractivity contribution in [3.63, 3.8) is 0 Å². The zero-order valence-corrected chi connectivity index (χ0v) is 13.2. The lowest BCUT2D eigenvalue weighted by molar-refractivity contribution is -0.384. The molecule has 0 unspecified atom stereocenters. The Balaban J connectivity index is 1.99. The van der Waals surface area contributed by atoms with Crippen LogP contribution in [0.3, 0.4) is 0 Å². The molecule has 0 amide bonds. The topological polar surface area (TPSA) is 65.3 Å². The van der Waals surface area contributed by atoms with Crippen molar-refractivity contribution < 1.29 is 9.66 Å². The first-order chi connectivity index (χ1) is 10.5. The molecule has 0 saturated carbocycles. The number of nitro groups is 1. The van der Waals surface area contributed by atoms with Gasteiger partial charge in [-0.15, -0.1) is 0 Å². The van der Waals surface area contributed by atoms with Gasteiger partial charge in [-0.1, -0.05) is 31.5 Å². The molecule has 5 nitrogen and oxygen atoms in total. The average Bonchev–Trinajstić information content (AvgIpc) is 2.46. The molecule has 0 N–H and O–H groups in total. The van der Waals surface area contributed by atoms with Crippen LogP contribution in [-0.2, 0) is 13.0 Å². The Hall–Kier alpha value is -2.14. The van der Waals surface area contributed by atoms with Crippen LogP contribution in [0, 0.1) is 16.0 Å². The van der Waals surface area contributed by atoms with Crippen molar-refractivity contribution in [3.05, 3.63) is 62.9 Å². The average molecular weight is 321 g/mol. The maximum absolute atomic E-state index is 10.6. The molecule has 1 heterocycles. The Kier molecular flexibility index (Phi) is 5.33. The van der Waals surface area contributed by atoms with E-state index in [9.17, 15) is 10.1 Å². The zero-order valence-electron chi connectivity index (χ0n) is 12.5. The molecule has 0 atom stereocenters. The molecule has 0 aliphatic heterocycles. The first-order valence-corrected chi connectivity index (χ1v) is 7.34. The van der Waals surface area contributed by atoms with Crippen LogP contribution in [0.4, 0.5) is 5.69 Å². The van der Waals surface area contributed by atoms with E-state index in [0.717, 1.165) is 17.7 Å². The number of nitrogens with zero attached hydrogens (tertiary/aromatic N) is 2. The number of rotatable bonds is 6. The third kappa shape index (κ3) is 4.43. The third-order valence-corrected chi connectivity index (χ3v) is 3.32. The van der Waals surface area contributed by atoms with Gasteiger partial charge in [0, 0.05) is 29.6 Å². The molecule has 0 fully saturated rings. The Labute approximate surface area is 134 Å². The van der Waals surface area contributed by atoms with Crippen LogP contribution >= 0.6 is 11.6 Å². The lowest BCUT2D eigenvalue weighted by Crippen LogP contribution is -2.00. The summed E-state index contributed by atoms with van der Waals surface area (Å²) >= 11 is 5.98. The predicted octanol–water partition coefficient (Wildman–Crippen LogP) is 4.42. The van der Waals surface area contributed by atoms with Crippen molar-refractivity contribution in [1.29, 1.82) is 0 Å². The number of halogens is 1. The van der Waals surface area contributed by atoms with E-state index in [-0.39, 0.29) is 10.7 Å². The second-order valence-corrected chi connectivity index (χ2v) is 5.82. The Morgan fingerprint density at radius 2 is 2.09 bits per heavy atom. The standard InChI is InChI=1S/C16H17ClN2O3/c1-11(2)7-13-4-3-12(9-18-13)10-22-16-6-5-14(19(20)21)8-15(16)17/h3-6,8-9,11H,7,10H2,1-2H3. The Morgan fingerprint density at radius 3 is 2.64 bits per heavy atom. The number of nitro benzene ring substituents is 1. The van der Waals surface area contributed by atoms with Crippen LogP contribution in [0.1, 0.15) is 25.1 Å². The van der Waals surface area contributed by atoms with Crippen molar-refractivity contribution in [2.75, 3.05) is 0 Å². The van der Waals surface area contributed by atoms with Gasteiger partial charge in [-0.05, 0) is 24.5 Å². The molecule has 1 aromatic carbocycles. The van der Waals surface area contributed by atoms with Gasteiger partial charge >= 0.3 is 0 Å². The third-order valence-electron chi connectivity index (χ3n) is 3.02. The first-order valence-electron chi connectivity index (χ1n) is 6.96. The molecule has 22 heavy (non-hydrogen) atoms. The van der Waals surface area contributed by atoms with E-state index < -0.39 is 4.92 Å². The fraction of sp³-hybridized carbons (Fsp3) is 0.312. The molecule has 0 aliphatic rings. The highest BCUT2D eigenvalue weighted by Crippen LogP contribution is 2.29. The van der Waals surface area contributed by atoms with Crippen LogP contribution in [0.15, 0.2) is 36.5 Å². The Morgan fingerprint density at radius 1 is 1.32 bits per heavy atom. The molecular formula is C16H17ClN2O3. The van der Waals surface area contributed by atoms with Gasteiger partial charge < -0.3 is 4.74 Å². The Bertz CT molecular complexity index is 657. The number of benzene rings is 1. The summed E-state index contributed by atoms with van der Waals surface area (Å²) in [4.78, 5) is 14.5. The summed E-state index contributed by atoms with van der Waals surface area (Å²) in [6, 6.07) is 8.09. The van der Waals surface area contributed by atoms with E-state index in [2.05, 4.69) is 18.8 Å². The molecule has 0 bridgehead atoms. The molecule has 0 saturated heterocycles. The molecule has 1 aromatic heterocycles. The van der Waals surface area contributed by atoms with Crippen LogP contribution in [0.2, 0.25) is 5.02 Å². The number of ether oxygens (including phenoxy) is 1. The number of hydrogen-bond acceptors (Lipinski definition) is 4. The monoisotopic (exact) mass is 320 g/mol. The van der Waals surface area contributed by atoms with E-state index in [1.807, 2.05) is 12.1 Å².